The number of ether oxygens (including phenoxy) is 1. The molecule has 5 nitrogen and oxygen atoms in total. The maximum atomic E-state index is 11.0. The Balaban J connectivity index is 2.22. The Labute approximate surface area is 81.5 Å². The first-order valence-electron chi connectivity index (χ1n) is 4.68. The second kappa shape index (κ2) is 3.79. The monoisotopic (exact) mass is 195 g/mol. The van der Waals surface area contributed by atoms with Crippen molar-refractivity contribution in [2.45, 2.75) is 18.9 Å². The van der Waals surface area contributed by atoms with Gasteiger partial charge < -0.3 is 15.0 Å². The highest BCUT2D eigenvalue weighted by Gasteiger charge is 2.15. The van der Waals surface area contributed by atoms with Gasteiger partial charge in [0.25, 0.3) is 5.56 Å². The quantitative estimate of drug-likeness (QED) is 0.693. The van der Waals surface area contributed by atoms with E-state index >= 15 is 0 Å². The molecule has 2 heterocycles. The molecule has 0 bridgehead atoms. The second-order valence-electron chi connectivity index (χ2n) is 3.45. The molecule has 1 aromatic heterocycles. The molecular formula is C9H13N3O2. The van der Waals surface area contributed by atoms with Crippen molar-refractivity contribution < 1.29 is 4.74 Å². The topological polar surface area (TPSA) is 70.1 Å². The fourth-order valence-corrected chi connectivity index (χ4v) is 1.60. The van der Waals surface area contributed by atoms with Crippen LogP contribution in [-0.2, 0) is 4.74 Å². The van der Waals surface area contributed by atoms with E-state index in [9.17, 15) is 4.79 Å². The van der Waals surface area contributed by atoms with E-state index in [2.05, 4.69) is 4.98 Å². The van der Waals surface area contributed by atoms with E-state index in [1.807, 2.05) is 4.57 Å². The summed E-state index contributed by atoms with van der Waals surface area (Å²) in [4.78, 5) is 14.7. The molecule has 1 aliphatic heterocycles. The molecule has 0 aliphatic carbocycles. The van der Waals surface area contributed by atoms with Crippen molar-refractivity contribution in [3.63, 3.8) is 0 Å². The maximum absolute atomic E-state index is 11.0. The summed E-state index contributed by atoms with van der Waals surface area (Å²) < 4.78 is 7.20. The van der Waals surface area contributed by atoms with Gasteiger partial charge in [-0.15, -0.1) is 0 Å². The third-order valence-electron chi connectivity index (χ3n) is 2.40. The predicted molar refractivity (Wildman–Crippen MR) is 52.0 cm³/mol. The van der Waals surface area contributed by atoms with Crippen LogP contribution < -0.4 is 11.3 Å². The van der Waals surface area contributed by atoms with Gasteiger partial charge in [0.15, 0.2) is 0 Å². The number of anilines is 1. The molecule has 2 rings (SSSR count). The van der Waals surface area contributed by atoms with Crippen molar-refractivity contribution in [1.29, 1.82) is 0 Å². The van der Waals surface area contributed by atoms with Gasteiger partial charge in [0.05, 0.1) is 19.0 Å². The SMILES string of the molecule is Nc1cn(C2CCCOC2)cnc1=O. The summed E-state index contributed by atoms with van der Waals surface area (Å²) in [5.41, 5.74) is 5.32. The molecule has 1 saturated heterocycles. The van der Waals surface area contributed by atoms with Crippen LogP contribution in [0.2, 0.25) is 0 Å². The van der Waals surface area contributed by atoms with Crippen LogP contribution in [0.5, 0.6) is 0 Å². The van der Waals surface area contributed by atoms with Gasteiger partial charge in [-0.3, -0.25) is 4.79 Å². The molecule has 0 amide bonds. The highest BCUT2D eigenvalue weighted by Crippen LogP contribution is 2.18. The molecule has 5 heteroatoms. The van der Waals surface area contributed by atoms with E-state index in [0.29, 0.717) is 6.61 Å². The fourth-order valence-electron chi connectivity index (χ4n) is 1.60. The second-order valence-corrected chi connectivity index (χ2v) is 3.45. The molecule has 1 atom stereocenters. The molecule has 14 heavy (non-hydrogen) atoms. The predicted octanol–water partition coefficient (Wildman–Crippen LogP) is 0.177. The van der Waals surface area contributed by atoms with Gasteiger partial charge in [-0.05, 0) is 12.8 Å². The van der Waals surface area contributed by atoms with E-state index in [4.69, 9.17) is 10.5 Å². The van der Waals surface area contributed by atoms with Crippen LogP contribution in [0.4, 0.5) is 5.69 Å². The van der Waals surface area contributed by atoms with Gasteiger partial charge in [0.1, 0.15) is 5.69 Å². The van der Waals surface area contributed by atoms with Crippen LogP contribution in [0.25, 0.3) is 0 Å². The lowest BCUT2D eigenvalue weighted by Crippen LogP contribution is -2.24. The van der Waals surface area contributed by atoms with E-state index in [0.717, 1.165) is 19.4 Å². The third kappa shape index (κ3) is 1.77. The smallest absolute Gasteiger partial charge is 0.295 e. The molecule has 0 radical (unpaired) electrons. The van der Waals surface area contributed by atoms with Crippen LogP contribution in [-0.4, -0.2) is 22.8 Å². The molecule has 1 aromatic rings. The summed E-state index contributed by atoms with van der Waals surface area (Å²) in [6, 6.07) is 0.263. The molecule has 76 valence electrons. The first kappa shape index (κ1) is 9.21. The minimum Gasteiger partial charge on any atom is -0.393 e. The lowest BCUT2D eigenvalue weighted by molar-refractivity contribution is 0.0587. The summed E-state index contributed by atoms with van der Waals surface area (Å²) in [7, 11) is 0. The number of nitrogen functional groups attached to an aromatic ring is 1. The Kier molecular flexibility index (Phi) is 2.49. The Morgan fingerprint density at radius 1 is 1.64 bits per heavy atom. The maximum Gasteiger partial charge on any atom is 0.295 e. The van der Waals surface area contributed by atoms with Gasteiger partial charge in [-0.2, -0.15) is 4.98 Å². The number of hydrogen-bond acceptors (Lipinski definition) is 4. The zero-order chi connectivity index (χ0) is 9.97. The molecule has 1 fully saturated rings. The number of hydrogen-bond donors (Lipinski definition) is 1. The highest BCUT2D eigenvalue weighted by molar-refractivity contribution is 5.30. The fraction of sp³-hybridized carbons (Fsp3) is 0.556. The van der Waals surface area contributed by atoms with E-state index in [1.165, 1.54) is 6.33 Å². The Morgan fingerprint density at radius 3 is 3.14 bits per heavy atom. The first-order chi connectivity index (χ1) is 6.77. The third-order valence-corrected chi connectivity index (χ3v) is 2.40. The van der Waals surface area contributed by atoms with Crippen molar-refractivity contribution in [2.75, 3.05) is 18.9 Å². The summed E-state index contributed by atoms with van der Waals surface area (Å²) in [5, 5.41) is 0. The zero-order valence-corrected chi connectivity index (χ0v) is 7.85. The summed E-state index contributed by atoms with van der Waals surface area (Å²) in [6.45, 7) is 1.49. The Hall–Kier alpha value is -1.36. The Morgan fingerprint density at radius 2 is 2.50 bits per heavy atom. The number of nitrogens with zero attached hydrogens (tertiary/aromatic N) is 2. The van der Waals surface area contributed by atoms with Gasteiger partial charge in [-0.25, -0.2) is 0 Å². The number of aromatic nitrogens is 2. The normalized spacial score (nSPS) is 22.1. The van der Waals surface area contributed by atoms with Gasteiger partial charge in [0, 0.05) is 12.8 Å². The molecule has 2 N–H and O–H groups in total. The van der Waals surface area contributed by atoms with Crippen LogP contribution in [0.3, 0.4) is 0 Å². The van der Waals surface area contributed by atoms with Gasteiger partial charge in [-0.1, -0.05) is 0 Å². The molecule has 0 saturated carbocycles. The first-order valence-corrected chi connectivity index (χ1v) is 4.68. The molecule has 0 spiro atoms. The summed E-state index contributed by atoms with van der Waals surface area (Å²) >= 11 is 0. The summed E-state index contributed by atoms with van der Waals surface area (Å²) in [5.74, 6) is 0. The van der Waals surface area contributed by atoms with Crippen molar-refractivity contribution in [2.24, 2.45) is 0 Å². The van der Waals surface area contributed by atoms with Crippen molar-refractivity contribution in [3.05, 3.63) is 22.9 Å². The van der Waals surface area contributed by atoms with Crippen LogP contribution >= 0.6 is 0 Å². The van der Waals surface area contributed by atoms with E-state index in [1.54, 1.807) is 6.20 Å². The van der Waals surface area contributed by atoms with Gasteiger partial charge in [0.2, 0.25) is 0 Å². The minimum atomic E-state index is -0.363. The largest absolute Gasteiger partial charge is 0.393 e. The molecular weight excluding hydrogens is 182 g/mol. The van der Waals surface area contributed by atoms with Crippen molar-refractivity contribution in [3.8, 4) is 0 Å². The minimum absolute atomic E-state index is 0.193. The van der Waals surface area contributed by atoms with Crippen molar-refractivity contribution in [1.82, 2.24) is 9.55 Å². The van der Waals surface area contributed by atoms with Crippen LogP contribution in [0.15, 0.2) is 17.3 Å². The molecule has 1 unspecified atom stereocenters. The van der Waals surface area contributed by atoms with Crippen LogP contribution in [0.1, 0.15) is 18.9 Å². The van der Waals surface area contributed by atoms with Crippen LogP contribution in [0, 0.1) is 0 Å². The number of rotatable bonds is 1. The zero-order valence-electron chi connectivity index (χ0n) is 7.85. The summed E-state index contributed by atoms with van der Waals surface area (Å²) in [6.07, 6.45) is 5.24. The number of nitrogens with two attached hydrogens (primary N) is 1. The van der Waals surface area contributed by atoms with Crippen molar-refractivity contribution >= 4 is 5.69 Å². The average molecular weight is 195 g/mol. The molecule has 0 aromatic carbocycles. The standard InChI is InChI=1S/C9H13N3O2/c10-8-4-12(6-11-9(8)13)7-2-1-3-14-5-7/h4,6-7H,1-3,5,10H2. The van der Waals surface area contributed by atoms with Gasteiger partial charge >= 0.3 is 0 Å². The lowest BCUT2D eigenvalue weighted by atomic mass is 10.1. The highest BCUT2D eigenvalue weighted by atomic mass is 16.5. The van der Waals surface area contributed by atoms with E-state index < -0.39 is 0 Å². The molecule has 1 aliphatic rings. The average Bonchev–Trinajstić information content (AvgIpc) is 2.23. The Bertz CT molecular complexity index is 369. The lowest BCUT2D eigenvalue weighted by Gasteiger charge is -2.24. The van der Waals surface area contributed by atoms with E-state index in [-0.39, 0.29) is 17.3 Å².